The number of likely N-dealkylation sites (tertiary alicyclic amines) is 1. The van der Waals surface area contributed by atoms with Gasteiger partial charge in [-0.2, -0.15) is 0 Å². The number of hydrogen-bond acceptors (Lipinski definition) is 2. The summed E-state index contributed by atoms with van der Waals surface area (Å²) in [5, 5.41) is 3.60. The molecule has 0 aliphatic carbocycles. The van der Waals surface area contributed by atoms with Gasteiger partial charge in [-0.1, -0.05) is 34.6 Å². The number of nitrogens with zero attached hydrogens (tertiary/aromatic N) is 1. The number of hydrogen-bond donors (Lipinski definition) is 1. The van der Waals surface area contributed by atoms with Crippen molar-refractivity contribution in [3.05, 3.63) is 0 Å². The first-order valence-corrected chi connectivity index (χ1v) is 6.88. The maximum Gasteiger partial charge on any atom is 0.0117 e. The standard InChI is InChI=1S/C14H30N2/c1-6-15-13-7-9-16(11-12(13)2)10-8-14(3,4)5/h12-13,15H,6-11H2,1-5H3. The quantitative estimate of drug-likeness (QED) is 0.793. The lowest BCUT2D eigenvalue weighted by molar-refractivity contribution is 0.133. The minimum Gasteiger partial charge on any atom is -0.314 e. The third-order valence-corrected chi connectivity index (χ3v) is 3.63. The number of nitrogens with one attached hydrogen (secondary N) is 1. The zero-order chi connectivity index (χ0) is 12.2. The first kappa shape index (κ1) is 14.0. The fourth-order valence-electron chi connectivity index (χ4n) is 2.49. The summed E-state index contributed by atoms with van der Waals surface area (Å²) in [5.74, 6) is 0.800. The Kier molecular flexibility index (Phi) is 5.26. The Morgan fingerprint density at radius 3 is 2.50 bits per heavy atom. The molecule has 2 unspecified atom stereocenters. The molecule has 0 radical (unpaired) electrons. The van der Waals surface area contributed by atoms with Gasteiger partial charge in [-0.15, -0.1) is 0 Å². The largest absolute Gasteiger partial charge is 0.314 e. The average Bonchev–Trinajstić information content (AvgIpc) is 2.18. The molecule has 2 nitrogen and oxygen atoms in total. The van der Waals surface area contributed by atoms with Crippen molar-refractivity contribution in [1.82, 2.24) is 10.2 Å². The van der Waals surface area contributed by atoms with Crippen LogP contribution in [0.15, 0.2) is 0 Å². The van der Waals surface area contributed by atoms with Gasteiger partial charge in [0.05, 0.1) is 0 Å². The highest BCUT2D eigenvalue weighted by Crippen LogP contribution is 2.22. The molecule has 1 N–H and O–H groups in total. The molecule has 1 saturated heterocycles. The SMILES string of the molecule is CCNC1CCN(CCC(C)(C)C)CC1C. The number of piperidine rings is 1. The van der Waals surface area contributed by atoms with Gasteiger partial charge in [0.15, 0.2) is 0 Å². The summed E-state index contributed by atoms with van der Waals surface area (Å²) in [6.07, 6.45) is 2.63. The van der Waals surface area contributed by atoms with Crippen molar-refractivity contribution < 1.29 is 0 Å². The van der Waals surface area contributed by atoms with Crippen LogP contribution < -0.4 is 5.32 Å². The Balaban J connectivity index is 2.28. The van der Waals surface area contributed by atoms with E-state index in [1.165, 1.54) is 32.5 Å². The van der Waals surface area contributed by atoms with Gasteiger partial charge in [-0.05, 0) is 43.8 Å². The molecule has 0 aromatic heterocycles. The Morgan fingerprint density at radius 2 is 2.00 bits per heavy atom. The first-order chi connectivity index (χ1) is 7.42. The van der Waals surface area contributed by atoms with Gasteiger partial charge in [-0.25, -0.2) is 0 Å². The van der Waals surface area contributed by atoms with Crippen LogP contribution in [-0.4, -0.2) is 37.1 Å². The highest BCUT2D eigenvalue weighted by atomic mass is 15.1. The van der Waals surface area contributed by atoms with Crippen molar-refractivity contribution in [2.24, 2.45) is 11.3 Å². The summed E-state index contributed by atoms with van der Waals surface area (Å²) < 4.78 is 0. The Labute approximate surface area is 102 Å². The molecular weight excluding hydrogens is 196 g/mol. The highest BCUT2D eigenvalue weighted by molar-refractivity contribution is 4.82. The molecule has 1 aliphatic rings. The molecule has 0 aromatic carbocycles. The maximum atomic E-state index is 3.60. The van der Waals surface area contributed by atoms with E-state index >= 15 is 0 Å². The van der Waals surface area contributed by atoms with Gasteiger partial charge in [0.1, 0.15) is 0 Å². The van der Waals surface area contributed by atoms with Gasteiger partial charge in [0.2, 0.25) is 0 Å². The summed E-state index contributed by atoms with van der Waals surface area (Å²) in [6.45, 7) is 16.5. The fraction of sp³-hybridized carbons (Fsp3) is 1.00. The van der Waals surface area contributed by atoms with Gasteiger partial charge in [0, 0.05) is 12.6 Å². The Hall–Kier alpha value is -0.0800. The molecule has 16 heavy (non-hydrogen) atoms. The van der Waals surface area contributed by atoms with E-state index in [-0.39, 0.29) is 0 Å². The molecule has 1 rings (SSSR count). The van der Waals surface area contributed by atoms with Crippen LogP contribution in [0.5, 0.6) is 0 Å². The van der Waals surface area contributed by atoms with E-state index in [0.717, 1.165) is 18.5 Å². The Bertz CT molecular complexity index is 195. The average molecular weight is 226 g/mol. The summed E-state index contributed by atoms with van der Waals surface area (Å²) >= 11 is 0. The summed E-state index contributed by atoms with van der Waals surface area (Å²) in [5.41, 5.74) is 0.474. The van der Waals surface area contributed by atoms with Gasteiger partial charge in [-0.3, -0.25) is 0 Å². The Morgan fingerprint density at radius 1 is 1.31 bits per heavy atom. The van der Waals surface area contributed by atoms with Crippen molar-refractivity contribution in [1.29, 1.82) is 0 Å². The van der Waals surface area contributed by atoms with E-state index in [1.807, 2.05) is 0 Å². The molecule has 0 amide bonds. The van der Waals surface area contributed by atoms with Crippen LogP contribution in [0.1, 0.15) is 47.5 Å². The summed E-state index contributed by atoms with van der Waals surface area (Å²) in [6, 6.07) is 0.746. The topological polar surface area (TPSA) is 15.3 Å². The van der Waals surface area contributed by atoms with E-state index in [1.54, 1.807) is 0 Å². The summed E-state index contributed by atoms with van der Waals surface area (Å²) in [4.78, 5) is 2.64. The molecule has 96 valence electrons. The monoisotopic (exact) mass is 226 g/mol. The predicted octanol–water partition coefficient (Wildman–Crippen LogP) is 2.74. The lowest BCUT2D eigenvalue weighted by Crippen LogP contribution is -2.48. The predicted molar refractivity (Wildman–Crippen MR) is 71.8 cm³/mol. The summed E-state index contributed by atoms with van der Waals surface area (Å²) in [7, 11) is 0. The molecule has 0 saturated carbocycles. The minimum absolute atomic E-state index is 0.474. The smallest absolute Gasteiger partial charge is 0.0117 e. The van der Waals surface area contributed by atoms with Crippen LogP contribution in [-0.2, 0) is 0 Å². The third kappa shape index (κ3) is 4.84. The minimum atomic E-state index is 0.474. The normalized spacial score (nSPS) is 28.3. The van der Waals surface area contributed by atoms with Crippen LogP contribution in [0.25, 0.3) is 0 Å². The lowest BCUT2D eigenvalue weighted by atomic mass is 9.90. The van der Waals surface area contributed by atoms with Crippen molar-refractivity contribution >= 4 is 0 Å². The van der Waals surface area contributed by atoms with Gasteiger partial charge < -0.3 is 10.2 Å². The van der Waals surface area contributed by atoms with Crippen molar-refractivity contribution in [2.75, 3.05) is 26.2 Å². The zero-order valence-corrected chi connectivity index (χ0v) is 11.8. The van der Waals surface area contributed by atoms with E-state index in [4.69, 9.17) is 0 Å². The third-order valence-electron chi connectivity index (χ3n) is 3.63. The lowest BCUT2D eigenvalue weighted by Gasteiger charge is -2.38. The molecule has 0 spiro atoms. The van der Waals surface area contributed by atoms with Crippen molar-refractivity contribution in [2.45, 2.75) is 53.5 Å². The zero-order valence-electron chi connectivity index (χ0n) is 11.8. The van der Waals surface area contributed by atoms with Crippen molar-refractivity contribution in [3.63, 3.8) is 0 Å². The molecule has 2 atom stereocenters. The van der Waals surface area contributed by atoms with Crippen LogP contribution in [0.4, 0.5) is 0 Å². The first-order valence-electron chi connectivity index (χ1n) is 6.88. The second-order valence-electron chi connectivity index (χ2n) is 6.54. The molecule has 1 fully saturated rings. The van der Waals surface area contributed by atoms with Gasteiger partial charge >= 0.3 is 0 Å². The number of rotatable bonds is 4. The highest BCUT2D eigenvalue weighted by Gasteiger charge is 2.25. The molecular formula is C14H30N2. The van der Waals surface area contributed by atoms with E-state index in [9.17, 15) is 0 Å². The van der Waals surface area contributed by atoms with Crippen LogP contribution >= 0.6 is 0 Å². The van der Waals surface area contributed by atoms with E-state index in [0.29, 0.717) is 5.41 Å². The second-order valence-corrected chi connectivity index (χ2v) is 6.54. The van der Waals surface area contributed by atoms with Crippen LogP contribution in [0.2, 0.25) is 0 Å². The molecule has 2 heteroatoms. The van der Waals surface area contributed by atoms with Gasteiger partial charge in [0.25, 0.3) is 0 Å². The molecule has 1 heterocycles. The van der Waals surface area contributed by atoms with E-state index < -0.39 is 0 Å². The van der Waals surface area contributed by atoms with Crippen molar-refractivity contribution in [3.8, 4) is 0 Å². The fourth-order valence-corrected chi connectivity index (χ4v) is 2.49. The second kappa shape index (κ2) is 6.02. The van der Waals surface area contributed by atoms with E-state index in [2.05, 4.69) is 44.8 Å². The van der Waals surface area contributed by atoms with Crippen LogP contribution in [0.3, 0.4) is 0 Å². The maximum absolute atomic E-state index is 3.60. The van der Waals surface area contributed by atoms with Crippen LogP contribution in [0, 0.1) is 11.3 Å². The molecule has 0 aromatic rings. The molecule has 1 aliphatic heterocycles. The molecule has 0 bridgehead atoms.